The molecular formula is C18H16F3NO2. The molecule has 0 saturated heterocycles. The number of hydrogen-bond donors (Lipinski definition) is 1. The molecule has 0 heterocycles. The molecule has 24 heavy (non-hydrogen) atoms. The Morgan fingerprint density at radius 3 is 2.25 bits per heavy atom. The number of benzene rings is 2. The zero-order chi connectivity index (χ0) is 17.6. The maximum Gasteiger partial charge on any atom is 0.416 e. The van der Waals surface area contributed by atoms with Gasteiger partial charge in [-0.3, -0.25) is 4.79 Å². The van der Waals surface area contributed by atoms with E-state index in [0.717, 1.165) is 17.7 Å². The van der Waals surface area contributed by atoms with Gasteiger partial charge in [0.25, 0.3) is 0 Å². The molecule has 6 heteroatoms. The van der Waals surface area contributed by atoms with Crippen molar-refractivity contribution in [3.05, 3.63) is 71.3 Å². The van der Waals surface area contributed by atoms with Crippen molar-refractivity contribution >= 4 is 12.0 Å². The van der Waals surface area contributed by atoms with Crippen molar-refractivity contribution in [3.63, 3.8) is 0 Å². The Kier molecular flexibility index (Phi) is 5.63. The van der Waals surface area contributed by atoms with Crippen LogP contribution in [0.25, 0.3) is 6.08 Å². The summed E-state index contributed by atoms with van der Waals surface area (Å²) in [6.07, 6.45) is -1.26. The van der Waals surface area contributed by atoms with Gasteiger partial charge in [-0.05, 0) is 41.5 Å². The number of likely N-dealkylation sites (N-methyl/N-ethyl adjacent to an activating group) is 1. The smallest absolute Gasteiger partial charge is 0.416 e. The molecule has 0 saturated carbocycles. The van der Waals surface area contributed by atoms with Gasteiger partial charge in [0.05, 0.1) is 5.56 Å². The van der Waals surface area contributed by atoms with E-state index in [2.05, 4.69) is 5.32 Å². The molecule has 2 aromatic rings. The van der Waals surface area contributed by atoms with Gasteiger partial charge >= 0.3 is 6.18 Å². The molecule has 1 amide bonds. The van der Waals surface area contributed by atoms with Crippen LogP contribution in [0.15, 0.2) is 54.6 Å². The van der Waals surface area contributed by atoms with Gasteiger partial charge in [0.2, 0.25) is 5.91 Å². The summed E-state index contributed by atoms with van der Waals surface area (Å²) in [4.78, 5) is 11.1. The lowest BCUT2D eigenvalue weighted by Gasteiger charge is -2.09. The summed E-state index contributed by atoms with van der Waals surface area (Å²) < 4.78 is 43.0. The Morgan fingerprint density at radius 1 is 1.08 bits per heavy atom. The molecule has 0 aliphatic rings. The van der Waals surface area contributed by atoms with Gasteiger partial charge in [-0.1, -0.05) is 24.3 Å². The number of hydrogen-bond acceptors (Lipinski definition) is 2. The molecule has 0 unspecified atom stereocenters. The Bertz CT molecular complexity index is 705. The van der Waals surface area contributed by atoms with Crippen LogP contribution in [0.5, 0.6) is 5.75 Å². The van der Waals surface area contributed by atoms with Crippen molar-refractivity contribution in [2.45, 2.75) is 12.8 Å². The molecular weight excluding hydrogens is 319 g/mol. The first kappa shape index (κ1) is 17.6. The number of carbonyl (C=O) groups excluding carboxylic acids is 1. The van der Waals surface area contributed by atoms with Crippen molar-refractivity contribution in [2.24, 2.45) is 0 Å². The molecule has 3 nitrogen and oxygen atoms in total. The Labute approximate surface area is 137 Å². The second-order valence-electron chi connectivity index (χ2n) is 5.00. The third kappa shape index (κ3) is 5.15. The zero-order valence-corrected chi connectivity index (χ0v) is 12.9. The number of rotatable bonds is 5. The van der Waals surface area contributed by atoms with E-state index < -0.39 is 11.7 Å². The maximum atomic E-state index is 12.5. The minimum absolute atomic E-state index is 0.172. The van der Waals surface area contributed by atoms with Crippen LogP contribution in [-0.4, -0.2) is 13.0 Å². The highest BCUT2D eigenvalue weighted by molar-refractivity contribution is 5.91. The second-order valence-corrected chi connectivity index (χ2v) is 5.00. The first-order valence-corrected chi connectivity index (χ1v) is 7.17. The lowest BCUT2D eigenvalue weighted by atomic mass is 10.1. The minimum atomic E-state index is -4.34. The molecule has 0 radical (unpaired) electrons. The number of amides is 1. The summed E-state index contributed by atoms with van der Waals surface area (Å²) in [6.45, 7) is 0.172. The highest BCUT2D eigenvalue weighted by Crippen LogP contribution is 2.29. The van der Waals surface area contributed by atoms with E-state index in [-0.39, 0.29) is 12.5 Å². The molecule has 0 aliphatic heterocycles. The van der Waals surface area contributed by atoms with Crippen LogP contribution in [0.3, 0.4) is 0 Å². The van der Waals surface area contributed by atoms with Gasteiger partial charge in [0, 0.05) is 13.1 Å². The highest BCUT2D eigenvalue weighted by atomic mass is 19.4. The van der Waals surface area contributed by atoms with E-state index in [0.29, 0.717) is 11.3 Å². The van der Waals surface area contributed by atoms with Crippen molar-refractivity contribution < 1.29 is 22.7 Å². The molecule has 0 bridgehead atoms. The summed E-state index contributed by atoms with van der Waals surface area (Å²) in [6, 6.07) is 11.9. The molecule has 0 aromatic heterocycles. The van der Waals surface area contributed by atoms with Crippen LogP contribution < -0.4 is 10.1 Å². The van der Waals surface area contributed by atoms with Gasteiger partial charge in [-0.15, -0.1) is 0 Å². The fourth-order valence-corrected chi connectivity index (χ4v) is 1.89. The van der Waals surface area contributed by atoms with Crippen molar-refractivity contribution in [1.29, 1.82) is 0 Å². The Morgan fingerprint density at radius 2 is 1.71 bits per heavy atom. The quantitative estimate of drug-likeness (QED) is 0.838. The molecule has 0 aliphatic carbocycles. The fourth-order valence-electron chi connectivity index (χ4n) is 1.89. The van der Waals surface area contributed by atoms with Crippen LogP contribution in [0.1, 0.15) is 16.7 Å². The summed E-state index contributed by atoms with van der Waals surface area (Å²) in [5, 5.41) is 2.48. The van der Waals surface area contributed by atoms with E-state index in [1.165, 1.54) is 18.2 Å². The first-order chi connectivity index (χ1) is 11.4. The number of alkyl halides is 3. The van der Waals surface area contributed by atoms with Gasteiger partial charge in [0.1, 0.15) is 12.4 Å². The van der Waals surface area contributed by atoms with Gasteiger partial charge in [-0.25, -0.2) is 0 Å². The van der Waals surface area contributed by atoms with Crippen molar-refractivity contribution in [1.82, 2.24) is 5.32 Å². The van der Waals surface area contributed by atoms with E-state index in [1.54, 1.807) is 37.4 Å². The third-order valence-corrected chi connectivity index (χ3v) is 3.24. The highest BCUT2D eigenvalue weighted by Gasteiger charge is 2.29. The van der Waals surface area contributed by atoms with Crippen LogP contribution in [0.4, 0.5) is 13.2 Å². The summed E-state index contributed by atoms with van der Waals surface area (Å²) in [5.74, 6) is 0.393. The average molecular weight is 335 g/mol. The molecule has 2 rings (SSSR count). The molecule has 126 valence electrons. The topological polar surface area (TPSA) is 38.3 Å². The molecule has 0 fully saturated rings. The molecule has 1 N–H and O–H groups in total. The van der Waals surface area contributed by atoms with E-state index in [4.69, 9.17) is 4.74 Å². The Hall–Kier alpha value is -2.76. The van der Waals surface area contributed by atoms with Crippen molar-refractivity contribution in [2.75, 3.05) is 7.05 Å². The van der Waals surface area contributed by atoms with Crippen LogP contribution in [0.2, 0.25) is 0 Å². The van der Waals surface area contributed by atoms with Gasteiger partial charge in [-0.2, -0.15) is 13.2 Å². The number of nitrogens with one attached hydrogen (secondary N) is 1. The lowest BCUT2D eigenvalue weighted by molar-refractivity contribution is -0.137. The van der Waals surface area contributed by atoms with Crippen LogP contribution in [-0.2, 0) is 17.6 Å². The predicted molar refractivity (Wildman–Crippen MR) is 85.3 cm³/mol. The number of carbonyl (C=O) groups is 1. The van der Waals surface area contributed by atoms with Crippen LogP contribution >= 0.6 is 0 Å². The van der Waals surface area contributed by atoms with Crippen molar-refractivity contribution in [3.8, 4) is 5.75 Å². The number of ether oxygens (including phenoxy) is 1. The molecule has 0 spiro atoms. The second kappa shape index (κ2) is 7.68. The Balaban J connectivity index is 1.92. The number of halogens is 3. The largest absolute Gasteiger partial charge is 0.489 e. The summed E-state index contributed by atoms with van der Waals surface area (Å²) in [5.41, 5.74) is 0.797. The third-order valence-electron chi connectivity index (χ3n) is 3.24. The SMILES string of the molecule is CNC(=O)C=Cc1ccc(OCc2ccc(C(F)(F)F)cc2)cc1. The van der Waals surface area contributed by atoms with Gasteiger partial charge in [0.15, 0.2) is 0 Å². The maximum absolute atomic E-state index is 12.5. The van der Waals surface area contributed by atoms with Gasteiger partial charge < -0.3 is 10.1 Å². The lowest BCUT2D eigenvalue weighted by Crippen LogP contribution is -2.13. The molecule has 2 aromatic carbocycles. The monoisotopic (exact) mass is 335 g/mol. The zero-order valence-electron chi connectivity index (χ0n) is 12.9. The van der Waals surface area contributed by atoms with E-state index in [1.807, 2.05) is 0 Å². The standard InChI is InChI=1S/C18H16F3NO2/c1-22-17(23)11-6-13-4-9-16(10-5-13)24-12-14-2-7-15(8-3-14)18(19,20)21/h2-11H,12H2,1H3,(H,22,23). The fraction of sp³-hybridized carbons (Fsp3) is 0.167. The summed E-state index contributed by atoms with van der Waals surface area (Å²) in [7, 11) is 1.55. The molecule has 0 atom stereocenters. The van der Waals surface area contributed by atoms with E-state index >= 15 is 0 Å². The average Bonchev–Trinajstić information content (AvgIpc) is 2.58. The summed E-state index contributed by atoms with van der Waals surface area (Å²) >= 11 is 0. The first-order valence-electron chi connectivity index (χ1n) is 7.17. The normalized spacial score (nSPS) is 11.5. The van der Waals surface area contributed by atoms with Crippen LogP contribution in [0, 0.1) is 0 Å². The predicted octanol–water partition coefficient (Wildman–Crippen LogP) is 4.04. The van der Waals surface area contributed by atoms with E-state index in [9.17, 15) is 18.0 Å². The minimum Gasteiger partial charge on any atom is -0.489 e.